The van der Waals surface area contributed by atoms with Crippen LogP contribution in [0.25, 0.3) is 0 Å². The van der Waals surface area contributed by atoms with E-state index in [1.54, 1.807) is 0 Å². The first-order chi connectivity index (χ1) is 18.1. The van der Waals surface area contributed by atoms with Crippen molar-refractivity contribution in [3.63, 3.8) is 0 Å². The molecule has 0 bridgehead atoms. The summed E-state index contributed by atoms with van der Waals surface area (Å²) >= 11 is 5.81. The third-order valence-corrected chi connectivity index (χ3v) is 5.43. The summed E-state index contributed by atoms with van der Waals surface area (Å²) in [6, 6.07) is 0. The second kappa shape index (κ2) is 16.3. The average molecular weight is 879 g/mol. The molecule has 0 unspecified atom stereocenters. The van der Waals surface area contributed by atoms with Crippen LogP contribution in [0.1, 0.15) is 0 Å². The summed E-state index contributed by atoms with van der Waals surface area (Å²) in [7, 11) is -2.92. The minimum absolute atomic E-state index is 1.02. The fraction of sp³-hybridized carbons (Fsp3) is 0. The van der Waals surface area contributed by atoms with Crippen molar-refractivity contribution in [3.05, 3.63) is 87.3 Å². The van der Waals surface area contributed by atoms with Gasteiger partial charge in [0.25, 0.3) is 0 Å². The van der Waals surface area contributed by atoms with Crippen molar-refractivity contribution < 1.29 is 139 Å². The van der Waals surface area contributed by atoms with Crippen molar-refractivity contribution in [2.24, 2.45) is 0 Å². The number of halogens is 15. The van der Waals surface area contributed by atoms with Gasteiger partial charge >= 0.3 is 223 Å². The maximum absolute atomic E-state index is 12.4. The maximum Gasteiger partial charge on any atom is -0.278 e. The Morgan fingerprint density at radius 3 is 0.450 bits per heavy atom. The number of hydrogen-bond donors (Lipinski definition) is 0. The predicted molar refractivity (Wildman–Crippen MR) is 83.4 cm³/mol. The molecule has 0 radical (unpaired) electrons. The van der Waals surface area contributed by atoms with E-state index in [0.29, 0.717) is 0 Å². The molecule has 0 saturated carbocycles. The van der Waals surface area contributed by atoms with Crippen LogP contribution in [0.4, 0.5) is 65.9 Å². The van der Waals surface area contributed by atoms with Crippen molar-refractivity contribution in [3.8, 4) is 0 Å². The molecule has 0 atom stereocenters. The summed E-state index contributed by atoms with van der Waals surface area (Å²) in [4.78, 5) is 0. The van der Waals surface area contributed by atoms with Gasteiger partial charge in [-0.3, -0.25) is 7.32 Å². The van der Waals surface area contributed by atoms with E-state index in [-0.39, 0.29) is 0 Å². The van der Waals surface area contributed by atoms with Crippen molar-refractivity contribution in [1.29, 1.82) is 0 Å². The van der Waals surface area contributed by atoms with Gasteiger partial charge in [-0.2, -0.15) is 0 Å². The van der Waals surface area contributed by atoms with E-state index in [2.05, 4.69) is 0 Å². The first-order valence-corrected chi connectivity index (χ1v) is 10.8. The van der Waals surface area contributed by atoms with Crippen LogP contribution in [0.15, 0.2) is 0 Å². The molecular weight excluding hydrogens is 879 g/mol. The van der Waals surface area contributed by atoms with Crippen LogP contribution < -0.4 is 27.2 Å². The first kappa shape index (κ1) is 38.5. The third-order valence-electron chi connectivity index (χ3n) is 3.39. The smallest absolute Gasteiger partial charge is 0.278 e. The van der Waals surface area contributed by atoms with Crippen LogP contribution in [0.5, 0.6) is 0 Å². The molecule has 0 aromatic heterocycles. The minimum Gasteiger partial charge on any atom is -0.907 e. The van der Waals surface area contributed by atoms with Gasteiger partial charge in [-0.15, -0.1) is 0 Å². The van der Waals surface area contributed by atoms with E-state index in [9.17, 15) is 65.9 Å². The van der Waals surface area contributed by atoms with E-state index >= 15 is 0 Å². The molecule has 0 heterocycles. The molecule has 40 heavy (non-hydrogen) atoms. The molecular formula is C18BF15O3Pd3. The van der Waals surface area contributed by atoms with Gasteiger partial charge in [0.15, 0.2) is 0 Å². The molecule has 0 N–H and O–H groups in total. The van der Waals surface area contributed by atoms with Gasteiger partial charge in [0.1, 0.15) is 0 Å². The Labute approximate surface area is 244 Å². The quantitative estimate of drug-likeness (QED) is 0.145. The number of benzene rings is 3. The molecule has 228 valence electrons. The van der Waals surface area contributed by atoms with E-state index in [4.69, 9.17) is 15.1 Å². The molecule has 0 aliphatic heterocycles. The Morgan fingerprint density at radius 2 is 0.350 bits per heavy atom. The van der Waals surface area contributed by atoms with Crippen LogP contribution in [0.3, 0.4) is 0 Å². The Balaban J connectivity index is 0.000000534. The predicted octanol–water partition coefficient (Wildman–Crippen LogP) is 0.715. The maximum atomic E-state index is 12.4. The Kier molecular flexibility index (Phi) is 15.7. The number of hydrogen-bond acceptors (Lipinski definition) is 3. The summed E-state index contributed by atoms with van der Waals surface area (Å²) in [6.45, 7) is 0. The van der Waals surface area contributed by atoms with E-state index < -0.39 is 107 Å². The summed E-state index contributed by atoms with van der Waals surface area (Å²) < 4.78 is 181. The third kappa shape index (κ3) is 9.28. The zero-order chi connectivity index (χ0) is 32.0. The van der Waals surface area contributed by atoms with Crippen LogP contribution in [-0.2, 0) is 57.6 Å². The van der Waals surface area contributed by atoms with Crippen LogP contribution in [-0.4, -0.2) is 7.32 Å². The van der Waals surface area contributed by atoms with E-state index in [1.165, 1.54) is 0 Å². The van der Waals surface area contributed by atoms with Crippen molar-refractivity contribution in [2.75, 3.05) is 0 Å². The van der Waals surface area contributed by atoms with Gasteiger partial charge < -0.3 is 15.1 Å². The molecule has 0 fully saturated rings. The molecule has 3 aromatic carbocycles. The largest absolute Gasteiger partial charge is 0.907 e. The molecule has 3 rings (SSSR count). The standard InChI is InChI=1S/3C6F5.BO3.3Pd/c3*7-2-1-3(8)5(10)6(11)4(2)9;2-1(3)4;;;/q;;;-3;3*+1. The molecule has 0 aliphatic carbocycles. The van der Waals surface area contributed by atoms with Crippen LogP contribution in [0, 0.1) is 87.3 Å². The van der Waals surface area contributed by atoms with Gasteiger partial charge in [0, 0.05) is 0 Å². The van der Waals surface area contributed by atoms with Gasteiger partial charge in [-0.05, 0) is 0 Å². The van der Waals surface area contributed by atoms with Crippen LogP contribution >= 0.6 is 0 Å². The minimum atomic E-state index is -2.92. The Hall–Kier alpha value is -1.46. The summed E-state index contributed by atoms with van der Waals surface area (Å²) in [5.74, 6) is -29.3. The average Bonchev–Trinajstić information content (AvgIpc) is 2.92. The monoisotopic (exact) mass is 878 g/mol. The summed E-state index contributed by atoms with van der Waals surface area (Å²) in [5, 5.41) is 25.2. The Morgan fingerprint density at radius 1 is 0.275 bits per heavy atom. The van der Waals surface area contributed by atoms with Crippen molar-refractivity contribution in [1.82, 2.24) is 0 Å². The van der Waals surface area contributed by atoms with Gasteiger partial charge in [-0.25, -0.2) is 0 Å². The fourth-order valence-electron chi connectivity index (χ4n) is 1.69. The molecule has 0 spiro atoms. The van der Waals surface area contributed by atoms with Crippen molar-refractivity contribution >= 4 is 19.4 Å². The second-order valence-corrected chi connectivity index (χ2v) is 8.18. The molecule has 22 heteroatoms. The van der Waals surface area contributed by atoms with E-state index in [0.717, 1.165) is 0 Å². The molecule has 0 saturated heterocycles. The topological polar surface area (TPSA) is 69.2 Å². The van der Waals surface area contributed by atoms with Gasteiger partial charge in [-0.1, -0.05) is 0 Å². The van der Waals surface area contributed by atoms with Crippen LogP contribution in [0.2, 0.25) is 0 Å². The molecule has 3 nitrogen and oxygen atoms in total. The van der Waals surface area contributed by atoms with Gasteiger partial charge in [0.2, 0.25) is 0 Å². The summed E-state index contributed by atoms with van der Waals surface area (Å²) in [5.41, 5.74) is 0. The zero-order valence-electron chi connectivity index (χ0n) is 17.4. The fourth-order valence-corrected chi connectivity index (χ4v) is 2.72. The molecule has 0 amide bonds. The second-order valence-electron chi connectivity index (χ2n) is 5.85. The first-order valence-electron chi connectivity index (χ1n) is 8.52. The van der Waals surface area contributed by atoms with Crippen molar-refractivity contribution in [2.45, 2.75) is 0 Å². The van der Waals surface area contributed by atoms with E-state index in [1.807, 2.05) is 57.6 Å². The number of rotatable bonds is 0. The Bertz CT molecular complexity index is 917. The SMILES string of the molecule is Fc1c(F)c(F)[c]([Pd+])c(F)c1F.Fc1c(F)c(F)[c]([Pd+])c(F)c1F.Fc1c(F)c(F)[c]([Pd+])c(F)c1F.[O-]B([O-])[O-]. The normalized spacial score (nSPS) is 10.2. The molecule has 0 aliphatic rings. The zero-order valence-corrected chi connectivity index (χ0v) is 22.1. The summed E-state index contributed by atoms with van der Waals surface area (Å²) in [6.07, 6.45) is 0. The molecule has 3 aromatic rings. The van der Waals surface area contributed by atoms with Gasteiger partial charge in [0.05, 0.1) is 0 Å².